The van der Waals surface area contributed by atoms with Crippen LogP contribution in [0, 0.1) is 23.7 Å². The molecule has 112 valence electrons. The van der Waals surface area contributed by atoms with Gasteiger partial charge in [0.25, 0.3) is 0 Å². The Morgan fingerprint density at radius 3 is 3.00 bits per heavy atom. The van der Waals surface area contributed by atoms with Crippen LogP contribution in [-0.2, 0) is 0 Å². The largest absolute Gasteiger partial charge is 0.504 e. The van der Waals surface area contributed by atoms with Crippen LogP contribution >= 0.6 is 24.0 Å². The van der Waals surface area contributed by atoms with E-state index in [0.717, 1.165) is 23.7 Å². The highest BCUT2D eigenvalue weighted by Crippen LogP contribution is 2.28. The lowest BCUT2D eigenvalue weighted by atomic mass is 9.94. The van der Waals surface area contributed by atoms with Crippen molar-refractivity contribution in [1.82, 2.24) is 5.32 Å². The molecule has 2 atom stereocenters. The molecule has 1 aromatic rings. The van der Waals surface area contributed by atoms with Gasteiger partial charge in [0.15, 0.2) is 11.5 Å². The summed E-state index contributed by atoms with van der Waals surface area (Å²) in [6.07, 6.45) is 2.81. The van der Waals surface area contributed by atoms with E-state index in [0.29, 0.717) is 18.3 Å². The average molecular weight is 321 g/mol. The van der Waals surface area contributed by atoms with Gasteiger partial charge in [0.05, 0.1) is 17.3 Å². The summed E-state index contributed by atoms with van der Waals surface area (Å²) in [5, 5.41) is 12.9. The number of phenols is 1. The van der Waals surface area contributed by atoms with Crippen LogP contribution in [0.2, 0.25) is 0 Å². The molecule has 2 rings (SSSR count). The van der Waals surface area contributed by atoms with Gasteiger partial charge in [-0.05, 0) is 18.4 Å². The second kappa shape index (κ2) is 8.16. The van der Waals surface area contributed by atoms with Crippen molar-refractivity contribution in [2.24, 2.45) is 11.8 Å². The van der Waals surface area contributed by atoms with Gasteiger partial charge in [-0.15, -0.1) is 5.92 Å². The van der Waals surface area contributed by atoms with Gasteiger partial charge in [0.1, 0.15) is 0 Å². The number of ether oxygens (including phenoxy) is 1. The first-order valence-corrected chi connectivity index (χ1v) is 8.65. The highest BCUT2D eigenvalue weighted by molar-refractivity contribution is 7.98. The Morgan fingerprint density at radius 2 is 2.24 bits per heavy atom. The Labute approximate surface area is 135 Å². The van der Waals surface area contributed by atoms with Gasteiger partial charge in [-0.2, -0.15) is 11.8 Å². The lowest BCUT2D eigenvalue weighted by Crippen LogP contribution is -2.21. The van der Waals surface area contributed by atoms with Crippen molar-refractivity contribution in [2.75, 3.05) is 25.2 Å². The Balaban J connectivity index is 1.91. The minimum absolute atomic E-state index is 0.169. The molecule has 0 saturated carbocycles. The molecule has 0 bridgehead atoms. The zero-order valence-corrected chi connectivity index (χ0v) is 13.6. The van der Waals surface area contributed by atoms with Crippen molar-refractivity contribution >= 4 is 29.0 Å². The van der Waals surface area contributed by atoms with Gasteiger partial charge >= 0.3 is 0 Å². The average Bonchev–Trinajstić information content (AvgIpc) is 2.83. The molecule has 5 heteroatoms. The van der Waals surface area contributed by atoms with Crippen LogP contribution < -0.4 is 10.1 Å². The quantitative estimate of drug-likeness (QED) is 0.645. The van der Waals surface area contributed by atoms with Crippen molar-refractivity contribution in [3.63, 3.8) is 0 Å². The molecule has 1 aliphatic rings. The summed E-state index contributed by atoms with van der Waals surface area (Å²) in [4.78, 5) is 0.874. The third-order valence-corrected chi connectivity index (χ3v) is 4.31. The fraction of sp³-hybridized carbons (Fsp3) is 0.438. The SMILES string of the molecule is CSCC#CC[C@H]1C(=S)NC[C@@H]1COc1ccccc1O. The molecule has 1 saturated heterocycles. The maximum absolute atomic E-state index is 9.71. The van der Waals surface area contributed by atoms with Crippen molar-refractivity contribution in [1.29, 1.82) is 0 Å². The summed E-state index contributed by atoms with van der Waals surface area (Å²) >= 11 is 7.08. The van der Waals surface area contributed by atoms with Crippen LogP contribution in [0.4, 0.5) is 0 Å². The zero-order valence-electron chi connectivity index (χ0n) is 12.0. The van der Waals surface area contributed by atoms with E-state index in [1.165, 1.54) is 0 Å². The third kappa shape index (κ3) is 4.55. The van der Waals surface area contributed by atoms with Gasteiger partial charge in [0.2, 0.25) is 0 Å². The number of nitrogens with one attached hydrogen (secondary N) is 1. The van der Waals surface area contributed by atoms with Crippen LogP contribution in [0.25, 0.3) is 0 Å². The highest BCUT2D eigenvalue weighted by Gasteiger charge is 2.31. The normalized spacial score (nSPS) is 20.5. The summed E-state index contributed by atoms with van der Waals surface area (Å²) < 4.78 is 5.72. The molecule has 0 aliphatic carbocycles. The second-order valence-electron chi connectivity index (χ2n) is 4.88. The smallest absolute Gasteiger partial charge is 0.160 e. The summed E-state index contributed by atoms with van der Waals surface area (Å²) in [5.41, 5.74) is 0. The Hall–Kier alpha value is -1.38. The van der Waals surface area contributed by atoms with Crippen LogP contribution in [0.1, 0.15) is 6.42 Å². The van der Waals surface area contributed by atoms with E-state index in [9.17, 15) is 5.11 Å². The monoisotopic (exact) mass is 321 g/mol. The van der Waals surface area contributed by atoms with E-state index in [2.05, 4.69) is 17.2 Å². The molecule has 1 heterocycles. The number of phenolic OH excluding ortho intramolecular Hbond substituents is 1. The molecule has 0 aromatic heterocycles. The van der Waals surface area contributed by atoms with E-state index >= 15 is 0 Å². The number of benzene rings is 1. The van der Waals surface area contributed by atoms with Crippen LogP contribution in [0.3, 0.4) is 0 Å². The van der Waals surface area contributed by atoms with E-state index in [4.69, 9.17) is 17.0 Å². The van der Waals surface area contributed by atoms with E-state index in [-0.39, 0.29) is 11.7 Å². The Bertz CT molecular complexity index is 551. The number of rotatable bonds is 5. The maximum atomic E-state index is 9.71. The Morgan fingerprint density at radius 1 is 1.43 bits per heavy atom. The number of aromatic hydroxyl groups is 1. The van der Waals surface area contributed by atoms with Gasteiger partial charge in [0, 0.05) is 24.8 Å². The lowest BCUT2D eigenvalue weighted by Gasteiger charge is -2.17. The predicted molar refractivity (Wildman–Crippen MR) is 92.0 cm³/mol. The summed E-state index contributed by atoms with van der Waals surface area (Å²) in [6.45, 7) is 1.33. The first-order chi connectivity index (χ1) is 10.2. The van der Waals surface area contributed by atoms with Crippen LogP contribution in [-0.4, -0.2) is 35.3 Å². The predicted octanol–water partition coefficient (Wildman–Crippen LogP) is 2.69. The highest BCUT2D eigenvalue weighted by atomic mass is 32.2. The standard InChI is InChI=1S/C16H19NO2S2/c1-21-9-5-4-6-13-12(10-17-16(13)20)11-19-15-8-3-2-7-14(15)18/h2-3,7-8,12-13,18H,6,9-11H2,1H3,(H,17,20)/t12-,13-/m1/s1. The first kappa shape index (κ1) is 16.0. The van der Waals surface area contributed by atoms with Gasteiger partial charge in [-0.1, -0.05) is 30.3 Å². The fourth-order valence-electron chi connectivity index (χ4n) is 2.23. The number of hydrogen-bond acceptors (Lipinski definition) is 4. The molecule has 3 nitrogen and oxygen atoms in total. The molecule has 1 aliphatic heterocycles. The molecule has 0 radical (unpaired) electrons. The Kier molecular flexibility index (Phi) is 6.21. The van der Waals surface area contributed by atoms with E-state index in [1.807, 2.05) is 12.3 Å². The van der Waals surface area contributed by atoms with Crippen molar-refractivity contribution in [2.45, 2.75) is 6.42 Å². The summed E-state index contributed by atoms with van der Waals surface area (Å²) in [6, 6.07) is 7.01. The number of hydrogen-bond donors (Lipinski definition) is 2. The molecule has 2 N–H and O–H groups in total. The van der Waals surface area contributed by atoms with Crippen LogP contribution in [0.15, 0.2) is 24.3 Å². The van der Waals surface area contributed by atoms with Crippen LogP contribution in [0.5, 0.6) is 11.5 Å². The second-order valence-corrected chi connectivity index (χ2v) is 6.19. The molecule has 0 unspecified atom stereocenters. The fourth-order valence-corrected chi connectivity index (χ4v) is 2.84. The molecular formula is C16H19NO2S2. The summed E-state index contributed by atoms with van der Waals surface area (Å²) in [7, 11) is 0. The topological polar surface area (TPSA) is 41.5 Å². The van der Waals surface area contributed by atoms with Gasteiger partial charge < -0.3 is 15.2 Å². The minimum atomic E-state index is 0.169. The molecule has 0 spiro atoms. The van der Waals surface area contributed by atoms with Gasteiger partial charge in [-0.3, -0.25) is 0 Å². The number of para-hydroxylation sites is 2. The van der Waals surface area contributed by atoms with E-state index < -0.39 is 0 Å². The van der Waals surface area contributed by atoms with Crippen molar-refractivity contribution < 1.29 is 9.84 Å². The number of thioether (sulfide) groups is 1. The van der Waals surface area contributed by atoms with Crippen molar-refractivity contribution in [3.8, 4) is 23.3 Å². The zero-order chi connectivity index (χ0) is 15.1. The molecule has 1 aromatic carbocycles. The summed E-state index contributed by atoms with van der Waals surface area (Å²) in [5.74, 6) is 8.39. The molecule has 1 fully saturated rings. The minimum Gasteiger partial charge on any atom is -0.504 e. The third-order valence-electron chi connectivity index (χ3n) is 3.43. The molecular weight excluding hydrogens is 302 g/mol. The van der Waals surface area contributed by atoms with Crippen molar-refractivity contribution in [3.05, 3.63) is 24.3 Å². The molecule has 0 amide bonds. The first-order valence-electron chi connectivity index (χ1n) is 6.85. The van der Waals surface area contributed by atoms with Gasteiger partial charge in [-0.25, -0.2) is 0 Å². The van der Waals surface area contributed by atoms with E-state index in [1.54, 1.807) is 30.0 Å². The maximum Gasteiger partial charge on any atom is 0.160 e. The molecule has 21 heavy (non-hydrogen) atoms. The number of thiocarbonyl (C=S) groups is 1. The lowest BCUT2D eigenvalue weighted by molar-refractivity contribution is 0.228.